The number of benzene rings is 6. The first-order valence-electron chi connectivity index (χ1n) is 21.8. The van der Waals surface area contributed by atoms with Gasteiger partial charge >= 0.3 is 0 Å². The number of hydrogen-bond acceptors (Lipinski definition) is 6. The Bertz CT molecular complexity index is 3320. The Hall–Kier alpha value is -6.74. The number of thioether (sulfide) groups is 2. The number of hydrogen-bond donors (Lipinski definition) is 0. The van der Waals surface area contributed by atoms with E-state index in [9.17, 15) is 0 Å². The Balaban J connectivity index is 1.02. The minimum atomic E-state index is -0.0771. The average molecular weight is 865 g/mol. The molecule has 8 heteroatoms. The highest BCUT2D eigenvalue weighted by Gasteiger charge is 2.28. The van der Waals surface area contributed by atoms with Crippen molar-refractivity contribution in [2.24, 2.45) is 9.98 Å². The molecule has 6 nitrogen and oxygen atoms in total. The van der Waals surface area contributed by atoms with E-state index in [1.807, 2.05) is 0 Å². The van der Waals surface area contributed by atoms with E-state index in [0.29, 0.717) is 0 Å². The Labute approximate surface area is 380 Å². The summed E-state index contributed by atoms with van der Waals surface area (Å²) < 4.78 is 4.77. The zero-order valence-electron chi connectivity index (χ0n) is 36.1. The van der Waals surface area contributed by atoms with Gasteiger partial charge in [-0.1, -0.05) is 72.8 Å². The van der Waals surface area contributed by atoms with Crippen LogP contribution >= 0.6 is 23.5 Å². The molecule has 0 spiro atoms. The Morgan fingerprint density at radius 1 is 0.375 bits per heavy atom. The van der Waals surface area contributed by atoms with Gasteiger partial charge in [0, 0.05) is 55.6 Å². The zero-order valence-corrected chi connectivity index (χ0v) is 37.7. The summed E-state index contributed by atoms with van der Waals surface area (Å²) in [5.74, 6) is 1.93. The van der Waals surface area contributed by atoms with Crippen LogP contribution in [-0.2, 0) is 0 Å². The van der Waals surface area contributed by atoms with E-state index in [1.54, 1.807) is 23.5 Å². The molecule has 0 bridgehead atoms. The molecule has 0 saturated heterocycles. The van der Waals surface area contributed by atoms with Crippen LogP contribution in [0.1, 0.15) is 39.1 Å². The zero-order chi connectivity index (χ0) is 43.2. The van der Waals surface area contributed by atoms with E-state index in [2.05, 4.69) is 207 Å². The van der Waals surface area contributed by atoms with Crippen molar-refractivity contribution in [1.29, 1.82) is 0 Å². The molecule has 0 N–H and O–H groups in total. The Morgan fingerprint density at radius 3 is 1.08 bits per heavy atom. The van der Waals surface area contributed by atoms with Crippen molar-refractivity contribution in [3.63, 3.8) is 0 Å². The molecule has 0 aliphatic carbocycles. The molecular formula is C56H44N6S2. The molecule has 0 fully saturated rings. The van der Waals surface area contributed by atoms with Crippen molar-refractivity contribution < 1.29 is 0 Å². The lowest BCUT2D eigenvalue weighted by Gasteiger charge is -2.09. The minimum Gasteiger partial charge on any atom is -0.309 e. The molecule has 0 unspecified atom stereocenters. The van der Waals surface area contributed by atoms with Crippen molar-refractivity contribution in [3.8, 4) is 45.0 Å². The molecule has 64 heavy (non-hydrogen) atoms. The molecule has 2 aliphatic rings. The van der Waals surface area contributed by atoms with Gasteiger partial charge in [0.05, 0.1) is 55.9 Å². The van der Waals surface area contributed by atoms with Crippen LogP contribution in [0.4, 0.5) is 0 Å². The maximum atomic E-state index is 5.17. The van der Waals surface area contributed by atoms with Crippen LogP contribution in [-0.4, -0.2) is 51.8 Å². The summed E-state index contributed by atoms with van der Waals surface area (Å²) in [6.45, 7) is 8.74. The first-order valence-corrected chi connectivity index (χ1v) is 23.8. The van der Waals surface area contributed by atoms with Crippen LogP contribution in [0.25, 0.3) is 88.6 Å². The molecule has 0 radical (unpaired) electrons. The third kappa shape index (κ3) is 6.75. The highest BCUT2D eigenvalue weighted by Crippen LogP contribution is 2.41. The smallest absolute Gasteiger partial charge is 0.117 e. The first kappa shape index (κ1) is 38.9. The summed E-state index contributed by atoms with van der Waals surface area (Å²) in [7, 11) is 0. The summed E-state index contributed by atoms with van der Waals surface area (Å²) in [5.41, 5.74) is 15.0. The van der Waals surface area contributed by atoms with Crippen molar-refractivity contribution in [1.82, 2.24) is 19.1 Å². The standard InChI is InChI=1S/C56H44N6S2/c1-55(2)33-63-53(59-55)47-19-11-17-45(57-47)37-23-27-51-43(31-37)41-29-35(21-25-49(41)61(51)39-13-7-5-8-14-39)36-22-26-50-42(30-36)44-32-38(24-28-52(44)62(50)40-15-9-6-10-16-40)46-18-12-20-48(58-46)54-60-56(3,4)34-64-54/h5-32H,33-34H2,1-4H3. The molecule has 0 amide bonds. The maximum absolute atomic E-state index is 5.17. The quantitative estimate of drug-likeness (QED) is 0.160. The second-order valence-corrected chi connectivity index (χ2v) is 20.0. The van der Waals surface area contributed by atoms with Crippen molar-refractivity contribution in [2.75, 3.05) is 11.5 Å². The second-order valence-electron chi connectivity index (χ2n) is 18.1. The van der Waals surface area contributed by atoms with E-state index in [-0.39, 0.29) is 11.1 Å². The van der Waals surface area contributed by atoms with Gasteiger partial charge in [-0.3, -0.25) is 9.98 Å². The normalized spacial score (nSPS) is 15.7. The molecule has 310 valence electrons. The summed E-state index contributed by atoms with van der Waals surface area (Å²) in [6, 6.07) is 61.4. The lowest BCUT2D eigenvalue weighted by molar-refractivity contribution is 0.604. The fourth-order valence-electron chi connectivity index (χ4n) is 9.30. The Morgan fingerprint density at radius 2 is 0.719 bits per heavy atom. The van der Waals surface area contributed by atoms with Gasteiger partial charge in [0.1, 0.15) is 10.1 Å². The van der Waals surface area contributed by atoms with Crippen LogP contribution in [0.3, 0.4) is 0 Å². The molecule has 4 aromatic heterocycles. The predicted molar refractivity (Wildman–Crippen MR) is 273 cm³/mol. The summed E-state index contributed by atoms with van der Waals surface area (Å²) in [5, 5.41) is 6.79. The van der Waals surface area contributed by atoms with Crippen LogP contribution < -0.4 is 0 Å². The van der Waals surface area contributed by atoms with E-state index in [4.69, 9.17) is 20.0 Å². The molecule has 6 heterocycles. The van der Waals surface area contributed by atoms with Crippen LogP contribution in [0, 0.1) is 0 Å². The van der Waals surface area contributed by atoms with E-state index in [1.165, 1.54) is 21.5 Å². The molecule has 2 aliphatic heterocycles. The number of rotatable bonds is 7. The minimum absolute atomic E-state index is 0.0771. The summed E-state index contributed by atoms with van der Waals surface area (Å²) in [4.78, 5) is 20.3. The van der Waals surface area contributed by atoms with E-state index in [0.717, 1.165) is 100 Å². The van der Waals surface area contributed by atoms with Crippen molar-refractivity contribution >= 4 is 77.2 Å². The van der Waals surface area contributed by atoms with Crippen LogP contribution in [0.15, 0.2) is 180 Å². The highest BCUT2D eigenvalue weighted by molar-refractivity contribution is 8.15. The highest BCUT2D eigenvalue weighted by atomic mass is 32.2. The topological polar surface area (TPSA) is 60.4 Å². The molecule has 12 rings (SSSR count). The van der Waals surface area contributed by atoms with Gasteiger partial charge < -0.3 is 9.13 Å². The first-order chi connectivity index (χ1) is 31.1. The maximum Gasteiger partial charge on any atom is 0.117 e. The van der Waals surface area contributed by atoms with Gasteiger partial charge in [0.25, 0.3) is 0 Å². The van der Waals surface area contributed by atoms with E-state index >= 15 is 0 Å². The fourth-order valence-corrected chi connectivity index (χ4v) is 11.6. The van der Waals surface area contributed by atoms with Crippen molar-refractivity contribution in [2.45, 2.75) is 38.8 Å². The Kier molecular flexibility index (Phi) is 9.08. The number of nitrogens with zero attached hydrogens (tertiary/aromatic N) is 6. The third-order valence-corrected chi connectivity index (χ3v) is 15.2. The largest absolute Gasteiger partial charge is 0.309 e. The van der Waals surface area contributed by atoms with Crippen LogP contribution in [0.2, 0.25) is 0 Å². The molecule has 6 aromatic carbocycles. The molecule has 0 atom stereocenters. The lowest BCUT2D eigenvalue weighted by Crippen LogP contribution is -2.15. The third-order valence-electron chi connectivity index (χ3n) is 12.4. The van der Waals surface area contributed by atoms with Gasteiger partial charge in [-0.2, -0.15) is 0 Å². The van der Waals surface area contributed by atoms with E-state index < -0.39 is 0 Å². The van der Waals surface area contributed by atoms with Gasteiger partial charge in [0.2, 0.25) is 0 Å². The van der Waals surface area contributed by atoms with Crippen LogP contribution in [0.5, 0.6) is 0 Å². The van der Waals surface area contributed by atoms with Gasteiger partial charge in [-0.05, 0) is 136 Å². The summed E-state index contributed by atoms with van der Waals surface area (Å²) >= 11 is 3.58. The van der Waals surface area contributed by atoms with Gasteiger partial charge in [-0.15, -0.1) is 23.5 Å². The number of pyridine rings is 2. The number of aromatic nitrogens is 4. The number of para-hydroxylation sites is 2. The van der Waals surface area contributed by atoms with Gasteiger partial charge in [0.15, 0.2) is 0 Å². The lowest BCUT2D eigenvalue weighted by atomic mass is 9.99. The summed E-state index contributed by atoms with van der Waals surface area (Å²) in [6.07, 6.45) is 0. The molecular weight excluding hydrogens is 821 g/mol. The average Bonchev–Trinajstić information content (AvgIpc) is 4.08. The van der Waals surface area contributed by atoms with Crippen molar-refractivity contribution in [3.05, 3.63) is 181 Å². The number of aliphatic imine (C=N–C) groups is 2. The molecule has 10 aromatic rings. The predicted octanol–water partition coefficient (Wildman–Crippen LogP) is 14.2. The SMILES string of the molecule is CC1(C)CSC(c2cccc(-c3ccc4c(c3)c3cc(-c5ccc6c(c5)c5cc(-c7cccc(C8=NC(C)(C)CS8)n7)ccc5n6-c5ccccc5)ccc3n4-c3ccccc3)n2)=N1. The van der Waals surface area contributed by atoms with Gasteiger partial charge in [-0.25, -0.2) is 9.97 Å². The monoisotopic (exact) mass is 864 g/mol. The fraction of sp³-hybridized carbons (Fsp3) is 0.143. The molecule has 0 saturated carbocycles. The second kappa shape index (κ2) is 14.9. The number of fused-ring (bicyclic) bond motifs is 6.